The highest BCUT2D eigenvalue weighted by molar-refractivity contribution is 7.14. The number of halogens is 2. The Morgan fingerprint density at radius 1 is 1.28 bits per heavy atom. The van der Waals surface area contributed by atoms with Crippen molar-refractivity contribution >= 4 is 28.3 Å². The molecule has 2 amide bonds. The van der Waals surface area contributed by atoms with Crippen molar-refractivity contribution in [2.75, 3.05) is 11.9 Å². The van der Waals surface area contributed by atoms with Crippen molar-refractivity contribution in [2.24, 2.45) is 5.92 Å². The van der Waals surface area contributed by atoms with Crippen LogP contribution in [0.2, 0.25) is 0 Å². The van der Waals surface area contributed by atoms with Crippen LogP contribution in [-0.4, -0.2) is 34.3 Å². The van der Waals surface area contributed by atoms with Crippen LogP contribution < -0.4 is 5.32 Å². The number of anilines is 1. The van der Waals surface area contributed by atoms with Crippen LogP contribution in [0.15, 0.2) is 23.6 Å². The fourth-order valence-electron chi connectivity index (χ4n) is 2.97. The van der Waals surface area contributed by atoms with Gasteiger partial charge in [-0.2, -0.15) is 0 Å². The van der Waals surface area contributed by atoms with Crippen LogP contribution in [0, 0.1) is 17.6 Å². The predicted molar refractivity (Wildman–Crippen MR) is 88.9 cm³/mol. The minimum atomic E-state index is -0.944. The van der Waals surface area contributed by atoms with Gasteiger partial charge in [0.2, 0.25) is 11.8 Å². The molecule has 8 heteroatoms. The zero-order valence-electron chi connectivity index (χ0n) is 13.2. The quantitative estimate of drug-likeness (QED) is 0.908. The summed E-state index contributed by atoms with van der Waals surface area (Å²) in [4.78, 5) is 30.3. The molecule has 5 nitrogen and oxygen atoms in total. The van der Waals surface area contributed by atoms with E-state index in [2.05, 4.69) is 10.3 Å². The zero-order chi connectivity index (χ0) is 17.6. The highest BCUT2D eigenvalue weighted by Gasteiger charge is 2.41. The van der Waals surface area contributed by atoms with E-state index in [1.165, 1.54) is 17.4 Å². The van der Waals surface area contributed by atoms with Crippen molar-refractivity contribution in [3.05, 3.63) is 35.2 Å². The van der Waals surface area contributed by atoms with Gasteiger partial charge in [0.1, 0.15) is 0 Å². The minimum absolute atomic E-state index is 0.0317. The summed E-state index contributed by atoms with van der Waals surface area (Å²) in [6, 6.07) is 3.85. The molecule has 4 rings (SSSR count). The highest BCUT2D eigenvalue weighted by Crippen LogP contribution is 2.33. The van der Waals surface area contributed by atoms with Crippen molar-refractivity contribution in [3.8, 4) is 11.3 Å². The lowest BCUT2D eigenvalue weighted by atomic mass is 10.1. The van der Waals surface area contributed by atoms with E-state index < -0.39 is 11.6 Å². The largest absolute Gasteiger partial charge is 0.339 e. The molecule has 1 aromatic carbocycles. The van der Waals surface area contributed by atoms with E-state index >= 15 is 0 Å². The fourth-order valence-corrected chi connectivity index (χ4v) is 3.70. The number of nitrogens with zero attached hydrogens (tertiary/aromatic N) is 2. The van der Waals surface area contributed by atoms with Gasteiger partial charge in [-0.1, -0.05) is 0 Å². The maximum absolute atomic E-state index is 13.3. The van der Waals surface area contributed by atoms with E-state index in [4.69, 9.17) is 0 Å². The number of nitrogens with one attached hydrogen (secondary N) is 1. The Morgan fingerprint density at radius 3 is 2.80 bits per heavy atom. The number of carbonyl (C=O) groups excluding carboxylic acids is 2. The second-order valence-corrected chi connectivity index (χ2v) is 7.19. The van der Waals surface area contributed by atoms with Crippen molar-refractivity contribution in [3.63, 3.8) is 0 Å². The molecular formula is C17H15F2N3O2S. The van der Waals surface area contributed by atoms with Crippen LogP contribution in [0.4, 0.5) is 13.9 Å². The van der Waals surface area contributed by atoms with Crippen LogP contribution in [-0.2, 0) is 9.59 Å². The smallest absolute Gasteiger partial charge is 0.231 e. The molecule has 0 bridgehead atoms. The van der Waals surface area contributed by atoms with Crippen molar-refractivity contribution in [1.29, 1.82) is 0 Å². The second-order valence-electron chi connectivity index (χ2n) is 6.33. The predicted octanol–water partition coefficient (Wildman–Crippen LogP) is 3.04. The van der Waals surface area contributed by atoms with E-state index in [0.717, 1.165) is 25.0 Å². The number of likely N-dealkylation sites (tertiary alicyclic amines) is 1. The zero-order valence-corrected chi connectivity index (χ0v) is 14.0. The molecule has 0 spiro atoms. The molecule has 1 saturated heterocycles. The summed E-state index contributed by atoms with van der Waals surface area (Å²) in [7, 11) is 0. The van der Waals surface area contributed by atoms with E-state index in [0.29, 0.717) is 29.0 Å². The first kappa shape index (κ1) is 16.1. The number of carbonyl (C=O) groups is 2. The molecular weight excluding hydrogens is 348 g/mol. The molecule has 130 valence electrons. The second kappa shape index (κ2) is 6.18. The van der Waals surface area contributed by atoms with Crippen LogP contribution in [0.1, 0.15) is 19.3 Å². The molecule has 2 heterocycles. The molecule has 1 aromatic heterocycles. The van der Waals surface area contributed by atoms with Gasteiger partial charge in [-0.05, 0) is 31.0 Å². The molecule has 1 saturated carbocycles. The number of benzene rings is 1. The van der Waals surface area contributed by atoms with Gasteiger partial charge in [0.15, 0.2) is 16.8 Å². The summed E-state index contributed by atoms with van der Waals surface area (Å²) < 4.78 is 26.3. The summed E-state index contributed by atoms with van der Waals surface area (Å²) in [5.74, 6) is -2.44. The average Bonchev–Trinajstić information content (AvgIpc) is 3.19. The van der Waals surface area contributed by atoms with Gasteiger partial charge in [0.25, 0.3) is 0 Å². The molecule has 0 unspecified atom stereocenters. The highest BCUT2D eigenvalue weighted by atomic mass is 32.1. The summed E-state index contributed by atoms with van der Waals surface area (Å²) >= 11 is 1.20. The molecule has 2 aromatic rings. The molecule has 1 aliphatic heterocycles. The normalized spacial score (nSPS) is 20.2. The Balaban J connectivity index is 1.43. The summed E-state index contributed by atoms with van der Waals surface area (Å²) in [5, 5.41) is 4.76. The Bertz CT molecular complexity index is 850. The first-order valence-electron chi connectivity index (χ1n) is 8.02. The Hall–Kier alpha value is -2.35. The molecule has 25 heavy (non-hydrogen) atoms. The average molecular weight is 363 g/mol. The number of aromatic nitrogens is 1. The summed E-state index contributed by atoms with van der Waals surface area (Å²) in [5.41, 5.74) is 0.896. The maximum atomic E-state index is 13.3. The lowest BCUT2D eigenvalue weighted by Crippen LogP contribution is -2.29. The van der Waals surface area contributed by atoms with Gasteiger partial charge >= 0.3 is 0 Å². The van der Waals surface area contributed by atoms with Gasteiger partial charge in [-0.15, -0.1) is 11.3 Å². The van der Waals surface area contributed by atoms with E-state index in [1.54, 1.807) is 10.3 Å². The fraction of sp³-hybridized carbons (Fsp3) is 0.353. The number of rotatable bonds is 4. The standard InChI is InChI=1S/C17H15F2N3O2S/c18-12-4-1-9(5-13(12)19)14-8-25-17(20-14)21-16(24)10-6-15(23)22(7-10)11-2-3-11/h1,4-5,8,10-11H,2-3,6-7H2,(H,20,21,24)/t10-/m1/s1. The Labute approximate surface area is 146 Å². The number of hydrogen-bond donors (Lipinski definition) is 1. The first-order chi connectivity index (χ1) is 12.0. The van der Waals surface area contributed by atoms with Crippen LogP contribution in [0.25, 0.3) is 11.3 Å². The third-order valence-electron chi connectivity index (χ3n) is 4.47. The Morgan fingerprint density at radius 2 is 2.08 bits per heavy atom. The number of hydrogen-bond acceptors (Lipinski definition) is 4. The lowest BCUT2D eigenvalue weighted by molar-refractivity contribution is -0.128. The molecule has 1 atom stereocenters. The first-order valence-corrected chi connectivity index (χ1v) is 8.90. The Kier molecular flexibility index (Phi) is 3.99. The van der Waals surface area contributed by atoms with Gasteiger partial charge in [-0.25, -0.2) is 13.8 Å². The minimum Gasteiger partial charge on any atom is -0.339 e. The van der Waals surface area contributed by atoms with Crippen molar-refractivity contribution < 1.29 is 18.4 Å². The molecule has 1 N–H and O–H groups in total. The van der Waals surface area contributed by atoms with Gasteiger partial charge in [0.05, 0.1) is 11.6 Å². The van der Waals surface area contributed by atoms with Crippen LogP contribution in [0.3, 0.4) is 0 Å². The number of thiazole rings is 1. The SMILES string of the molecule is O=C(Nc1nc(-c2ccc(F)c(F)c2)cs1)[C@@H]1CC(=O)N(C2CC2)C1. The van der Waals surface area contributed by atoms with Crippen molar-refractivity contribution in [1.82, 2.24) is 9.88 Å². The lowest BCUT2D eigenvalue weighted by Gasteiger charge is -2.14. The van der Waals surface area contributed by atoms with Crippen LogP contribution >= 0.6 is 11.3 Å². The third kappa shape index (κ3) is 3.26. The van der Waals surface area contributed by atoms with Crippen molar-refractivity contribution in [2.45, 2.75) is 25.3 Å². The van der Waals surface area contributed by atoms with E-state index in [9.17, 15) is 18.4 Å². The van der Waals surface area contributed by atoms with Gasteiger partial charge < -0.3 is 10.2 Å². The van der Waals surface area contributed by atoms with E-state index in [1.807, 2.05) is 0 Å². The van der Waals surface area contributed by atoms with Gasteiger partial charge in [0, 0.05) is 30.0 Å². The molecule has 2 fully saturated rings. The molecule has 1 aliphatic carbocycles. The number of amides is 2. The maximum Gasteiger partial charge on any atom is 0.231 e. The van der Waals surface area contributed by atoms with Gasteiger partial charge in [-0.3, -0.25) is 9.59 Å². The van der Waals surface area contributed by atoms with Crippen LogP contribution in [0.5, 0.6) is 0 Å². The molecule has 0 radical (unpaired) electrons. The summed E-state index contributed by atoms with van der Waals surface area (Å²) in [6.07, 6.45) is 2.26. The third-order valence-corrected chi connectivity index (χ3v) is 5.22. The topological polar surface area (TPSA) is 62.3 Å². The van der Waals surface area contributed by atoms with E-state index in [-0.39, 0.29) is 24.2 Å². The molecule has 2 aliphatic rings. The summed E-state index contributed by atoms with van der Waals surface area (Å²) in [6.45, 7) is 0.455. The monoisotopic (exact) mass is 363 g/mol.